The fraction of sp³-hybridized carbons (Fsp3) is 0.188. The summed E-state index contributed by atoms with van der Waals surface area (Å²) in [4.78, 5) is 11.9. The molecule has 2 rings (SSSR count). The number of hydrogen-bond donors (Lipinski definition) is 2. The van der Waals surface area contributed by atoms with Crippen molar-refractivity contribution in [1.82, 2.24) is 0 Å². The van der Waals surface area contributed by atoms with Crippen molar-refractivity contribution in [1.29, 1.82) is 0 Å². The molecular formula is C16H16ClFN2O3. The number of hydrogen-bond acceptors (Lipinski definition) is 4. The summed E-state index contributed by atoms with van der Waals surface area (Å²) < 4.78 is 23.4. The van der Waals surface area contributed by atoms with Gasteiger partial charge in [0.1, 0.15) is 17.3 Å². The maximum Gasteiger partial charge on any atom is 0.243 e. The highest BCUT2D eigenvalue weighted by molar-refractivity contribution is 6.32. The maximum absolute atomic E-state index is 13.1. The average molecular weight is 339 g/mol. The van der Waals surface area contributed by atoms with E-state index in [0.717, 1.165) is 0 Å². The Morgan fingerprint density at radius 2 is 1.91 bits per heavy atom. The number of anilines is 2. The van der Waals surface area contributed by atoms with Crippen molar-refractivity contribution >= 4 is 28.9 Å². The van der Waals surface area contributed by atoms with E-state index in [0.29, 0.717) is 27.9 Å². The lowest BCUT2D eigenvalue weighted by atomic mass is 10.2. The Morgan fingerprint density at radius 3 is 2.57 bits per heavy atom. The van der Waals surface area contributed by atoms with Gasteiger partial charge in [0.15, 0.2) is 0 Å². The van der Waals surface area contributed by atoms with Gasteiger partial charge in [0, 0.05) is 17.8 Å². The van der Waals surface area contributed by atoms with Gasteiger partial charge in [0.2, 0.25) is 5.91 Å². The number of ether oxygens (including phenoxy) is 2. The molecule has 0 unspecified atom stereocenters. The third-order valence-corrected chi connectivity index (χ3v) is 3.32. The van der Waals surface area contributed by atoms with Gasteiger partial charge in [-0.2, -0.15) is 0 Å². The normalized spacial score (nSPS) is 10.1. The standard InChI is InChI=1S/C16H16ClFN2O3/c1-22-14-8-13(15(23-2)7-12(14)17)19-9-16(21)20-11-5-3-4-10(18)6-11/h3-8,19H,9H2,1-2H3,(H,20,21). The van der Waals surface area contributed by atoms with Crippen LogP contribution >= 0.6 is 11.6 Å². The van der Waals surface area contributed by atoms with Crippen LogP contribution in [0.2, 0.25) is 5.02 Å². The van der Waals surface area contributed by atoms with E-state index in [1.54, 1.807) is 18.2 Å². The molecule has 0 aromatic heterocycles. The quantitative estimate of drug-likeness (QED) is 0.845. The molecule has 0 heterocycles. The molecule has 1 amide bonds. The molecule has 122 valence electrons. The zero-order valence-electron chi connectivity index (χ0n) is 12.7. The number of amides is 1. The van der Waals surface area contributed by atoms with Crippen molar-refractivity contribution < 1.29 is 18.7 Å². The van der Waals surface area contributed by atoms with Gasteiger partial charge in [-0.3, -0.25) is 4.79 Å². The molecule has 7 heteroatoms. The van der Waals surface area contributed by atoms with Crippen molar-refractivity contribution in [2.75, 3.05) is 31.4 Å². The molecule has 0 radical (unpaired) electrons. The van der Waals surface area contributed by atoms with Gasteiger partial charge in [0.05, 0.1) is 31.5 Å². The maximum atomic E-state index is 13.1. The Labute approximate surface area is 138 Å². The van der Waals surface area contributed by atoms with Gasteiger partial charge in [-0.1, -0.05) is 17.7 Å². The monoisotopic (exact) mass is 338 g/mol. The van der Waals surface area contributed by atoms with E-state index in [9.17, 15) is 9.18 Å². The summed E-state index contributed by atoms with van der Waals surface area (Å²) in [6.07, 6.45) is 0. The van der Waals surface area contributed by atoms with Crippen LogP contribution in [0.5, 0.6) is 11.5 Å². The first kappa shape index (κ1) is 16.9. The summed E-state index contributed by atoms with van der Waals surface area (Å²) in [5.41, 5.74) is 0.945. The third kappa shape index (κ3) is 4.50. The Bertz CT molecular complexity index is 710. The topological polar surface area (TPSA) is 59.6 Å². The number of nitrogens with one attached hydrogen (secondary N) is 2. The van der Waals surface area contributed by atoms with Crippen molar-refractivity contribution in [3.05, 3.63) is 47.2 Å². The zero-order valence-corrected chi connectivity index (χ0v) is 13.4. The molecule has 2 aromatic rings. The van der Waals surface area contributed by atoms with E-state index in [4.69, 9.17) is 21.1 Å². The van der Waals surface area contributed by atoms with Crippen molar-refractivity contribution in [3.8, 4) is 11.5 Å². The Hall–Kier alpha value is -2.47. The number of halogens is 2. The minimum absolute atomic E-state index is 0.0301. The number of carbonyl (C=O) groups excluding carboxylic acids is 1. The van der Waals surface area contributed by atoms with E-state index < -0.39 is 5.82 Å². The molecule has 23 heavy (non-hydrogen) atoms. The van der Waals surface area contributed by atoms with E-state index in [2.05, 4.69) is 10.6 Å². The molecule has 2 N–H and O–H groups in total. The lowest BCUT2D eigenvalue weighted by Gasteiger charge is -2.14. The Balaban J connectivity index is 2.03. The fourth-order valence-corrected chi connectivity index (χ4v) is 2.18. The van der Waals surface area contributed by atoms with Crippen LogP contribution in [0.25, 0.3) is 0 Å². The van der Waals surface area contributed by atoms with Gasteiger partial charge in [-0.15, -0.1) is 0 Å². The highest BCUT2D eigenvalue weighted by atomic mass is 35.5. The SMILES string of the molecule is COc1cc(NCC(=O)Nc2cccc(F)c2)c(OC)cc1Cl. The van der Waals surface area contributed by atoms with Crippen LogP contribution in [-0.2, 0) is 4.79 Å². The molecule has 0 spiro atoms. The van der Waals surface area contributed by atoms with Crippen LogP contribution in [0.3, 0.4) is 0 Å². The predicted octanol–water partition coefficient (Wildman–Crippen LogP) is 3.55. The molecule has 0 aliphatic heterocycles. The third-order valence-electron chi connectivity index (χ3n) is 3.02. The first-order valence-corrected chi connectivity index (χ1v) is 7.12. The van der Waals surface area contributed by atoms with Crippen LogP contribution in [0.4, 0.5) is 15.8 Å². The second kappa shape index (κ2) is 7.69. The van der Waals surface area contributed by atoms with Crippen molar-refractivity contribution in [2.24, 2.45) is 0 Å². The second-order valence-corrected chi connectivity index (χ2v) is 5.01. The number of carbonyl (C=O) groups is 1. The minimum atomic E-state index is -0.417. The average Bonchev–Trinajstić information content (AvgIpc) is 2.53. The van der Waals surface area contributed by atoms with E-state index in [-0.39, 0.29) is 12.5 Å². The summed E-state index contributed by atoms with van der Waals surface area (Å²) in [7, 11) is 2.99. The lowest BCUT2D eigenvalue weighted by molar-refractivity contribution is -0.114. The van der Waals surface area contributed by atoms with Gasteiger partial charge < -0.3 is 20.1 Å². The smallest absolute Gasteiger partial charge is 0.243 e. The van der Waals surface area contributed by atoms with E-state index in [1.165, 1.54) is 32.4 Å². The predicted molar refractivity (Wildman–Crippen MR) is 88.1 cm³/mol. The van der Waals surface area contributed by atoms with Crippen LogP contribution in [-0.4, -0.2) is 26.7 Å². The highest BCUT2D eigenvalue weighted by Crippen LogP contribution is 2.35. The highest BCUT2D eigenvalue weighted by Gasteiger charge is 2.11. The number of methoxy groups -OCH3 is 2. The molecule has 0 fully saturated rings. The van der Waals surface area contributed by atoms with Crippen LogP contribution in [0.15, 0.2) is 36.4 Å². The van der Waals surface area contributed by atoms with E-state index >= 15 is 0 Å². The number of benzene rings is 2. The Morgan fingerprint density at radius 1 is 1.17 bits per heavy atom. The first-order valence-electron chi connectivity index (χ1n) is 6.74. The fourth-order valence-electron chi connectivity index (χ4n) is 1.95. The van der Waals surface area contributed by atoms with Crippen LogP contribution in [0.1, 0.15) is 0 Å². The van der Waals surface area contributed by atoms with E-state index in [1.807, 2.05) is 0 Å². The minimum Gasteiger partial charge on any atom is -0.495 e. The molecule has 0 bridgehead atoms. The molecule has 2 aromatic carbocycles. The van der Waals surface area contributed by atoms with Gasteiger partial charge >= 0.3 is 0 Å². The summed E-state index contributed by atoms with van der Waals surface area (Å²) in [6.45, 7) is -0.0301. The largest absolute Gasteiger partial charge is 0.495 e. The van der Waals surface area contributed by atoms with Gasteiger partial charge in [-0.05, 0) is 18.2 Å². The van der Waals surface area contributed by atoms with Crippen molar-refractivity contribution in [3.63, 3.8) is 0 Å². The molecule has 5 nitrogen and oxygen atoms in total. The summed E-state index contributed by atoms with van der Waals surface area (Å²) in [5.74, 6) is 0.196. The second-order valence-electron chi connectivity index (χ2n) is 4.60. The lowest BCUT2D eigenvalue weighted by Crippen LogP contribution is -2.22. The first-order chi connectivity index (χ1) is 11.0. The zero-order chi connectivity index (χ0) is 16.8. The van der Waals surface area contributed by atoms with Gasteiger partial charge in [0.25, 0.3) is 0 Å². The van der Waals surface area contributed by atoms with Crippen molar-refractivity contribution in [2.45, 2.75) is 0 Å². The van der Waals surface area contributed by atoms with Gasteiger partial charge in [-0.25, -0.2) is 4.39 Å². The summed E-state index contributed by atoms with van der Waals surface area (Å²) in [6, 6.07) is 8.89. The summed E-state index contributed by atoms with van der Waals surface area (Å²) in [5, 5.41) is 5.92. The molecule has 0 atom stereocenters. The number of rotatable bonds is 6. The molecule has 0 saturated carbocycles. The molecule has 0 saturated heterocycles. The van der Waals surface area contributed by atoms with Crippen LogP contribution in [0, 0.1) is 5.82 Å². The summed E-state index contributed by atoms with van der Waals surface area (Å²) >= 11 is 6.02. The Kier molecular flexibility index (Phi) is 5.65. The molecular weight excluding hydrogens is 323 g/mol. The molecule has 0 aliphatic carbocycles. The van der Waals surface area contributed by atoms with Crippen LogP contribution < -0.4 is 20.1 Å². The molecule has 0 aliphatic rings.